The molecule has 1 aromatic carbocycles. The summed E-state index contributed by atoms with van der Waals surface area (Å²) in [6.07, 6.45) is 5.96. The third-order valence-corrected chi connectivity index (χ3v) is 3.05. The number of hydrogen-bond donors (Lipinski definition) is 0. The van der Waals surface area contributed by atoms with Gasteiger partial charge in [0.15, 0.2) is 0 Å². The minimum atomic E-state index is 0.732. The Morgan fingerprint density at radius 2 is 2.00 bits per heavy atom. The molecule has 0 aliphatic rings. The fourth-order valence-electron chi connectivity index (χ4n) is 1.75. The maximum Gasteiger partial charge on any atom is 0.119 e. The van der Waals surface area contributed by atoms with Gasteiger partial charge < -0.3 is 9.30 Å². The molecule has 0 radical (unpaired) electrons. The number of ether oxygens (including phenoxy) is 1. The second-order valence-corrected chi connectivity index (χ2v) is 4.61. The van der Waals surface area contributed by atoms with Gasteiger partial charge in [-0.15, -0.1) is 0 Å². The van der Waals surface area contributed by atoms with Crippen molar-refractivity contribution in [2.75, 3.05) is 6.61 Å². The van der Waals surface area contributed by atoms with Crippen LogP contribution in [0.2, 0.25) is 5.02 Å². The first-order valence-corrected chi connectivity index (χ1v) is 6.49. The van der Waals surface area contributed by atoms with Crippen LogP contribution in [-0.4, -0.2) is 16.2 Å². The fourth-order valence-corrected chi connectivity index (χ4v) is 1.87. The number of rotatable bonds is 6. The van der Waals surface area contributed by atoms with Crippen molar-refractivity contribution in [3.05, 3.63) is 47.5 Å². The van der Waals surface area contributed by atoms with Crippen LogP contribution >= 0.6 is 11.6 Å². The van der Waals surface area contributed by atoms with E-state index in [-0.39, 0.29) is 0 Å². The van der Waals surface area contributed by atoms with E-state index in [1.54, 1.807) is 0 Å². The minimum absolute atomic E-state index is 0.732. The van der Waals surface area contributed by atoms with Gasteiger partial charge in [0.1, 0.15) is 11.6 Å². The van der Waals surface area contributed by atoms with Crippen LogP contribution in [0.5, 0.6) is 5.75 Å². The van der Waals surface area contributed by atoms with Crippen LogP contribution < -0.4 is 4.74 Å². The van der Waals surface area contributed by atoms with Gasteiger partial charge in [-0.05, 0) is 44.0 Å². The van der Waals surface area contributed by atoms with Crippen LogP contribution in [0.3, 0.4) is 0 Å². The highest BCUT2D eigenvalue weighted by Gasteiger charge is 1.97. The van der Waals surface area contributed by atoms with Crippen molar-refractivity contribution in [3.8, 4) is 5.75 Å². The molecule has 0 aliphatic heterocycles. The van der Waals surface area contributed by atoms with Crippen molar-refractivity contribution in [1.29, 1.82) is 0 Å². The predicted molar refractivity (Wildman–Crippen MR) is 73.1 cm³/mol. The van der Waals surface area contributed by atoms with Gasteiger partial charge in [0.2, 0.25) is 0 Å². The van der Waals surface area contributed by atoms with Gasteiger partial charge in [0.05, 0.1) is 6.61 Å². The van der Waals surface area contributed by atoms with Gasteiger partial charge >= 0.3 is 0 Å². The molecule has 0 bridgehead atoms. The summed E-state index contributed by atoms with van der Waals surface area (Å²) in [4.78, 5) is 4.19. The number of imidazole rings is 1. The number of hydrogen-bond acceptors (Lipinski definition) is 2. The van der Waals surface area contributed by atoms with E-state index >= 15 is 0 Å². The highest BCUT2D eigenvalue weighted by atomic mass is 35.5. The van der Waals surface area contributed by atoms with E-state index in [0.29, 0.717) is 0 Å². The van der Waals surface area contributed by atoms with Crippen molar-refractivity contribution in [3.63, 3.8) is 0 Å². The molecule has 0 unspecified atom stereocenters. The Morgan fingerprint density at radius 3 is 2.67 bits per heavy atom. The van der Waals surface area contributed by atoms with Crippen LogP contribution in [0, 0.1) is 6.92 Å². The van der Waals surface area contributed by atoms with Crippen molar-refractivity contribution in [2.24, 2.45) is 0 Å². The monoisotopic (exact) mass is 264 g/mol. The van der Waals surface area contributed by atoms with Gasteiger partial charge in [-0.2, -0.15) is 0 Å². The molecule has 4 heteroatoms. The van der Waals surface area contributed by atoms with E-state index in [9.17, 15) is 0 Å². The lowest BCUT2D eigenvalue weighted by Crippen LogP contribution is -2.03. The second kappa shape index (κ2) is 6.45. The average Bonchev–Trinajstić information content (AvgIpc) is 2.77. The van der Waals surface area contributed by atoms with Gasteiger partial charge in [-0.25, -0.2) is 4.98 Å². The SMILES string of the molecule is Cc1nccn1CCCCOc1ccc(Cl)cc1. The van der Waals surface area contributed by atoms with E-state index in [4.69, 9.17) is 16.3 Å². The summed E-state index contributed by atoms with van der Waals surface area (Å²) in [5.74, 6) is 1.94. The number of nitrogens with zero attached hydrogens (tertiary/aromatic N) is 2. The molecular weight excluding hydrogens is 248 g/mol. The van der Waals surface area contributed by atoms with E-state index < -0.39 is 0 Å². The van der Waals surface area contributed by atoms with Gasteiger partial charge in [0, 0.05) is 24.0 Å². The molecule has 0 saturated heterocycles. The Hall–Kier alpha value is -1.48. The van der Waals surface area contributed by atoms with E-state index in [1.165, 1.54) is 0 Å². The number of benzene rings is 1. The Balaban J connectivity index is 1.64. The van der Waals surface area contributed by atoms with Crippen LogP contribution in [0.1, 0.15) is 18.7 Å². The molecule has 2 aromatic rings. The lowest BCUT2D eigenvalue weighted by Gasteiger charge is -2.07. The van der Waals surface area contributed by atoms with Crippen LogP contribution in [0.15, 0.2) is 36.7 Å². The highest BCUT2D eigenvalue weighted by molar-refractivity contribution is 6.30. The highest BCUT2D eigenvalue weighted by Crippen LogP contribution is 2.15. The molecular formula is C14H17ClN2O. The summed E-state index contributed by atoms with van der Waals surface area (Å²) in [7, 11) is 0. The summed E-state index contributed by atoms with van der Waals surface area (Å²) in [6, 6.07) is 7.46. The number of aryl methyl sites for hydroxylation is 2. The molecule has 18 heavy (non-hydrogen) atoms. The minimum Gasteiger partial charge on any atom is -0.494 e. The number of aromatic nitrogens is 2. The van der Waals surface area contributed by atoms with Crippen molar-refractivity contribution >= 4 is 11.6 Å². The maximum absolute atomic E-state index is 5.80. The Labute approximate surface area is 112 Å². The average molecular weight is 265 g/mol. The third-order valence-electron chi connectivity index (χ3n) is 2.80. The Kier molecular flexibility index (Phi) is 4.65. The van der Waals surface area contributed by atoms with Crippen molar-refractivity contribution < 1.29 is 4.74 Å². The normalized spacial score (nSPS) is 10.6. The van der Waals surface area contributed by atoms with E-state index in [2.05, 4.69) is 9.55 Å². The zero-order valence-electron chi connectivity index (χ0n) is 10.5. The lowest BCUT2D eigenvalue weighted by atomic mass is 10.3. The number of halogens is 1. The van der Waals surface area contributed by atoms with Crippen molar-refractivity contribution in [1.82, 2.24) is 9.55 Å². The summed E-state index contributed by atoms with van der Waals surface area (Å²) in [5.41, 5.74) is 0. The molecule has 1 heterocycles. The molecule has 0 aliphatic carbocycles. The lowest BCUT2D eigenvalue weighted by molar-refractivity contribution is 0.303. The summed E-state index contributed by atoms with van der Waals surface area (Å²) in [5, 5.41) is 0.734. The molecule has 1 aromatic heterocycles. The molecule has 3 nitrogen and oxygen atoms in total. The van der Waals surface area contributed by atoms with Crippen LogP contribution in [0.25, 0.3) is 0 Å². The van der Waals surface area contributed by atoms with Gasteiger partial charge in [-0.3, -0.25) is 0 Å². The van der Waals surface area contributed by atoms with Crippen LogP contribution in [-0.2, 0) is 6.54 Å². The standard InChI is InChI=1S/C14H17ClN2O/c1-12-16-8-10-17(12)9-2-3-11-18-14-6-4-13(15)5-7-14/h4-8,10H,2-3,9,11H2,1H3. The molecule has 0 fully saturated rings. The molecule has 0 saturated carbocycles. The molecule has 0 amide bonds. The largest absolute Gasteiger partial charge is 0.494 e. The number of unbranched alkanes of at least 4 members (excludes halogenated alkanes) is 1. The first-order valence-electron chi connectivity index (χ1n) is 6.12. The summed E-state index contributed by atoms with van der Waals surface area (Å²) < 4.78 is 7.78. The van der Waals surface area contributed by atoms with Crippen molar-refractivity contribution in [2.45, 2.75) is 26.3 Å². The molecule has 0 N–H and O–H groups in total. The first-order chi connectivity index (χ1) is 8.75. The molecule has 0 spiro atoms. The molecule has 2 rings (SSSR count). The first kappa shape index (κ1) is 13.0. The summed E-state index contributed by atoms with van der Waals surface area (Å²) in [6.45, 7) is 3.75. The molecule has 0 atom stereocenters. The zero-order chi connectivity index (χ0) is 12.8. The second-order valence-electron chi connectivity index (χ2n) is 4.18. The Bertz CT molecular complexity index is 479. The van der Waals surface area contributed by atoms with E-state index in [1.807, 2.05) is 43.6 Å². The van der Waals surface area contributed by atoms with Crippen LogP contribution in [0.4, 0.5) is 0 Å². The zero-order valence-corrected chi connectivity index (χ0v) is 11.2. The third kappa shape index (κ3) is 3.77. The topological polar surface area (TPSA) is 27.1 Å². The van der Waals surface area contributed by atoms with Gasteiger partial charge in [0.25, 0.3) is 0 Å². The maximum atomic E-state index is 5.80. The quantitative estimate of drug-likeness (QED) is 0.744. The van der Waals surface area contributed by atoms with E-state index in [0.717, 1.165) is 42.6 Å². The Morgan fingerprint density at radius 1 is 1.22 bits per heavy atom. The predicted octanol–water partition coefficient (Wildman–Crippen LogP) is 3.70. The smallest absolute Gasteiger partial charge is 0.119 e. The molecule has 96 valence electrons. The fraction of sp³-hybridized carbons (Fsp3) is 0.357. The van der Waals surface area contributed by atoms with Gasteiger partial charge in [-0.1, -0.05) is 11.6 Å². The summed E-state index contributed by atoms with van der Waals surface area (Å²) >= 11 is 5.80.